The Hall–Kier alpha value is -0.980. The van der Waals surface area contributed by atoms with E-state index in [4.69, 9.17) is 23.1 Å². The Labute approximate surface area is 121 Å². The van der Waals surface area contributed by atoms with Gasteiger partial charge < -0.3 is 16.8 Å². The summed E-state index contributed by atoms with van der Waals surface area (Å²) < 4.78 is 14.9. The maximum atomic E-state index is 13.9. The van der Waals surface area contributed by atoms with Crippen LogP contribution in [0.3, 0.4) is 0 Å². The number of rotatable bonds is 3. The van der Waals surface area contributed by atoms with Crippen LogP contribution >= 0.6 is 38.9 Å². The molecule has 0 amide bonds. The van der Waals surface area contributed by atoms with E-state index >= 15 is 0 Å². The van der Waals surface area contributed by atoms with Crippen LogP contribution in [0.1, 0.15) is 4.88 Å². The molecule has 0 radical (unpaired) electrons. The quantitative estimate of drug-likeness (QED) is 0.731. The zero-order valence-electron chi connectivity index (χ0n) is 9.14. The predicted molar refractivity (Wildman–Crippen MR) is 79.6 cm³/mol. The van der Waals surface area contributed by atoms with Crippen molar-refractivity contribution in [3.05, 3.63) is 37.7 Å². The lowest BCUT2D eigenvalue weighted by Crippen LogP contribution is -2.05. The maximum absolute atomic E-state index is 13.9. The third-order valence-corrected chi connectivity index (χ3v) is 4.34. The van der Waals surface area contributed by atoms with Crippen LogP contribution in [0.4, 0.5) is 21.5 Å². The highest BCUT2D eigenvalue weighted by atomic mass is 79.9. The average Bonchev–Trinajstić information content (AvgIpc) is 2.72. The molecule has 0 saturated carbocycles. The van der Waals surface area contributed by atoms with Crippen LogP contribution in [-0.4, -0.2) is 0 Å². The van der Waals surface area contributed by atoms with E-state index in [1.165, 1.54) is 6.07 Å². The summed E-state index contributed by atoms with van der Waals surface area (Å²) in [6.45, 7) is 0.470. The van der Waals surface area contributed by atoms with E-state index in [1.807, 2.05) is 12.1 Å². The highest BCUT2D eigenvalue weighted by Gasteiger charge is 2.14. The molecule has 0 unspecified atom stereocenters. The molecule has 1 aromatic heterocycles. The Morgan fingerprint density at radius 1 is 1.33 bits per heavy atom. The summed E-state index contributed by atoms with van der Waals surface area (Å²) in [7, 11) is 0. The number of hydrogen-bond donors (Lipinski definition) is 3. The van der Waals surface area contributed by atoms with Crippen molar-refractivity contribution < 1.29 is 4.39 Å². The van der Waals surface area contributed by atoms with E-state index < -0.39 is 5.82 Å². The summed E-state index contributed by atoms with van der Waals surface area (Å²) in [6, 6.07) is 5.31. The van der Waals surface area contributed by atoms with Gasteiger partial charge in [-0.3, -0.25) is 0 Å². The molecule has 0 atom stereocenters. The summed E-state index contributed by atoms with van der Waals surface area (Å²) in [6.07, 6.45) is 0. The fraction of sp³-hybridized carbons (Fsp3) is 0.0909. The fourth-order valence-corrected chi connectivity index (χ4v) is 3.04. The minimum atomic E-state index is -0.621. The number of nitrogens with one attached hydrogen (secondary N) is 1. The van der Waals surface area contributed by atoms with Crippen molar-refractivity contribution in [1.29, 1.82) is 0 Å². The number of benzene rings is 1. The minimum absolute atomic E-state index is 0.112. The fourth-order valence-electron chi connectivity index (χ4n) is 1.47. The first kappa shape index (κ1) is 13.5. The van der Waals surface area contributed by atoms with Gasteiger partial charge in [0.1, 0.15) is 5.02 Å². The molecule has 0 bridgehead atoms. The number of nitrogens with two attached hydrogens (primary N) is 2. The van der Waals surface area contributed by atoms with Crippen LogP contribution in [-0.2, 0) is 6.54 Å². The second-order valence-electron chi connectivity index (χ2n) is 3.62. The molecule has 0 spiro atoms. The van der Waals surface area contributed by atoms with Gasteiger partial charge in [-0.15, -0.1) is 11.3 Å². The third-order valence-electron chi connectivity index (χ3n) is 2.33. The van der Waals surface area contributed by atoms with Gasteiger partial charge >= 0.3 is 0 Å². The molecule has 3 nitrogen and oxygen atoms in total. The SMILES string of the molecule is Nc1cc(N)c(NCc2ccc(Br)s2)c(F)c1Cl. The van der Waals surface area contributed by atoms with Gasteiger partial charge in [0.15, 0.2) is 5.82 Å². The molecular formula is C11H10BrClFN3S. The lowest BCUT2D eigenvalue weighted by Gasteiger charge is -2.12. The van der Waals surface area contributed by atoms with Crippen molar-refractivity contribution in [2.45, 2.75) is 6.54 Å². The highest BCUT2D eigenvalue weighted by Crippen LogP contribution is 2.34. The van der Waals surface area contributed by atoms with E-state index in [0.717, 1.165) is 8.66 Å². The summed E-state index contributed by atoms with van der Waals surface area (Å²) in [5.41, 5.74) is 11.8. The standard InChI is InChI=1S/C11H10BrClFN3S/c12-8-2-1-5(18-8)4-17-11-7(16)3-6(15)9(13)10(11)14/h1-3,17H,4,15-16H2. The minimum Gasteiger partial charge on any atom is -0.397 e. The summed E-state index contributed by atoms with van der Waals surface area (Å²) in [4.78, 5) is 1.05. The van der Waals surface area contributed by atoms with Crippen molar-refractivity contribution >= 4 is 55.9 Å². The topological polar surface area (TPSA) is 64.1 Å². The number of nitrogen functional groups attached to an aromatic ring is 2. The highest BCUT2D eigenvalue weighted by molar-refractivity contribution is 9.11. The molecule has 0 aliphatic rings. The van der Waals surface area contributed by atoms with Crippen molar-refractivity contribution in [3.63, 3.8) is 0 Å². The van der Waals surface area contributed by atoms with Gasteiger partial charge in [0.25, 0.3) is 0 Å². The summed E-state index contributed by atoms with van der Waals surface area (Å²) >= 11 is 10.7. The monoisotopic (exact) mass is 349 g/mol. The molecule has 0 saturated heterocycles. The molecule has 1 heterocycles. The summed E-state index contributed by atoms with van der Waals surface area (Å²) in [5, 5.41) is 2.82. The molecule has 0 fully saturated rings. The Kier molecular flexibility index (Phi) is 3.99. The van der Waals surface area contributed by atoms with Gasteiger partial charge in [0.2, 0.25) is 0 Å². The van der Waals surface area contributed by atoms with Crippen LogP contribution in [0, 0.1) is 5.82 Å². The van der Waals surface area contributed by atoms with Crippen molar-refractivity contribution in [2.24, 2.45) is 0 Å². The molecular weight excluding hydrogens is 341 g/mol. The van der Waals surface area contributed by atoms with Crippen LogP contribution in [0.2, 0.25) is 5.02 Å². The smallest absolute Gasteiger partial charge is 0.169 e. The van der Waals surface area contributed by atoms with Crippen LogP contribution in [0.5, 0.6) is 0 Å². The molecule has 96 valence electrons. The Bertz CT molecular complexity index is 588. The molecule has 7 heteroatoms. The molecule has 5 N–H and O–H groups in total. The molecule has 0 aliphatic heterocycles. The van der Waals surface area contributed by atoms with Crippen molar-refractivity contribution in [1.82, 2.24) is 0 Å². The molecule has 2 rings (SSSR count). The van der Waals surface area contributed by atoms with Gasteiger partial charge in [0, 0.05) is 11.4 Å². The van der Waals surface area contributed by atoms with Crippen LogP contribution < -0.4 is 16.8 Å². The molecule has 2 aromatic rings. The van der Waals surface area contributed by atoms with E-state index in [-0.39, 0.29) is 22.1 Å². The van der Waals surface area contributed by atoms with Crippen molar-refractivity contribution in [3.8, 4) is 0 Å². The lowest BCUT2D eigenvalue weighted by atomic mass is 10.2. The normalized spacial score (nSPS) is 10.6. The Morgan fingerprint density at radius 3 is 2.67 bits per heavy atom. The van der Waals surface area contributed by atoms with Crippen LogP contribution in [0.15, 0.2) is 22.0 Å². The molecule has 0 aliphatic carbocycles. The van der Waals surface area contributed by atoms with Crippen molar-refractivity contribution in [2.75, 3.05) is 16.8 Å². The zero-order chi connectivity index (χ0) is 13.3. The number of thiophene rings is 1. The van der Waals surface area contributed by atoms with E-state index in [9.17, 15) is 4.39 Å². The lowest BCUT2D eigenvalue weighted by molar-refractivity contribution is 0.632. The first-order chi connectivity index (χ1) is 8.49. The second-order valence-corrected chi connectivity index (χ2v) is 6.54. The number of hydrogen-bond acceptors (Lipinski definition) is 4. The molecule has 18 heavy (non-hydrogen) atoms. The predicted octanol–water partition coefficient (Wildman–Crippen LogP) is 4.08. The van der Waals surface area contributed by atoms with Gasteiger partial charge in [-0.2, -0.15) is 0 Å². The van der Waals surface area contributed by atoms with E-state index in [1.54, 1.807) is 11.3 Å². The van der Waals surface area contributed by atoms with Gasteiger partial charge in [0.05, 0.1) is 20.8 Å². The Morgan fingerprint density at radius 2 is 2.06 bits per heavy atom. The van der Waals surface area contributed by atoms with Gasteiger partial charge in [-0.1, -0.05) is 11.6 Å². The third kappa shape index (κ3) is 2.71. The second kappa shape index (κ2) is 5.34. The molecule has 1 aromatic carbocycles. The first-order valence-corrected chi connectivity index (χ1v) is 6.99. The van der Waals surface area contributed by atoms with E-state index in [0.29, 0.717) is 6.54 Å². The first-order valence-electron chi connectivity index (χ1n) is 5.00. The number of anilines is 3. The summed E-state index contributed by atoms with van der Waals surface area (Å²) in [5.74, 6) is -0.621. The maximum Gasteiger partial charge on any atom is 0.169 e. The number of halogens is 3. The van der Waals surface area contributed by atoms with Gasteiger partial charge in [-0.05, 0) is 34.1 Å². The Balaban J connectivity index is 2.22. The zero-order valence-corrected chi connectivity index (χ0v) is 12.3. The van der Waals surface area contributed by atoms with E-state index in [2.05, 4.69) is 21.2 Å². The van der Waals surface area contributed by atoms with Crippen LogP contribution in [0.25, 0.3) is 0 Å². The van der Waals surface area contributed by atoms with Gasteiger partial charge in [-0.25, -0.2) is 4.39 Å². The largest absolute Gasteiger partial charge is 0.397 e. The average molecular weight is 351 g/mol.